The van der Waals surface area contributed by atoms with Gasteiger partial charge in [-0.2, -0.15) is 0 Å². The molecule has 2 aromatic rings. The first-order valence-corrected chi connectivity index (χ1v) is 10.9. The minimum absolute atomic E-state index is 0.390. The third kappa shape index (κ3) is 5.22. The molecule has 0 radical (unpaired) electrons. The van der Waals surface area contributed by atoms with Crippen LogP contribution in [0.2, 0.25) is 5.02 Å². The number of carbonyl (C=O) groups is 3. The van der Waals surface area contributed by atoms with E-state index >= 15 is 0 Å². The summed E-state index contributed by atoms with van der Waals surface area (Å²) < 4.78 is 5.72. The Labute approximate surface area is 193 Å². The number of anilines is 1. The first-order valence-electron chi connectivity index (χ1n) is 10.5. The zero-order valence-corrected chi connectivity index (χ0v) is 19.5. The number of rotatable bonds is 8. The van der Waals surface area contributed by atoms with E-state index in [1.54, 1.807) is 49.4 Å². The molecular formula is C24H28ClN3O4. The number of amides is 4. The van der Waals surface area contributed by atoms with E-state index in [1.165, 1.54) is 0 Å². The molecule has 1 aliphatic rings. The van der Waals surface area contributed by atoms with Gasteiger partial charge in [-0.15, -0.1) is 0 Å². The third-order valence-corrected chi connectivity index (χ3v) is 5.67. The lowest BCUT2D eigenvalue weighted by Crippen LogP contribution is -2.42. The predicted molar refractivity (Wildman–Crippen MR) is 124 cm³/mol. The lowest BCUT2D eigenvalue weighted by Gasteiger charge is -2.22. The molecule has 0 aliphatic carbocycles. The average Bonchev–Trinajstić information content (AvgIpc) is 2.94. The molecule has 1 saturated heterocycles. The van der Waals surface area contributed by atoms with Gasteiger partial charge in [-0.1, -0.05) is 37.6 Å². The van der Waals surface area contributed by atoms with Crippen LogP contribution in [0, 0.1) is 12.8 Å². The maximum absolute atomic E-state index is 13.1. The third-order valence-electron chi connectivity index (χ3n) is 5.43. The van der Waals surface area contributed by atoms with Crippen molar-refractivity contribution in [3.05, 3.63) is 58.6 Å². The summed E-state index contributed by atoms with van der Waals surface area (Å²) in [5.74, 6) is 0.284. The van der Waals surface area contributed by atoms with Gasteiger partial charge >= 0.3 is 6.03 Å². The molecule has 8 heteroatoms. The predicted octanol–water partition coefficient (Wildman–Crippen LogP) is 4.48. The maximum Gasteiger partial charge on any atom is 0.325 e. The molecule has 0 aromatic heterocycles. The van der Waals surface area contributed by atoms with Crippen molar-refractivity contribution in [2.75, 3.05) is 18.5 Å². The Balaban J connectivity index is 1.67. The summed E-state index contributed by atoms with van der Waals surface area (Å²) in [5.41, 5.74) is 0.707. The first kappa shape index (κ1) is 23.6. The van der Waals surface area contributed by atoms with Crippen molar-refractivity contribution in [3.63, 3.8) is 0 Å². The van der Waals surface area contributed by atoms with Gasteiger partial charge in [0, 0.05) is 10.7 Å². The Morgan fingerprint density at radius 3 is 2.50 bits per heavy atom. The molecule has 0 bridgehead atoms. The van der Waals surface area contributed by atoms with E-state index in [0.717, 1.165) is 16.9 Å². The smallest absolute Gasteiger partial charge is 0.325 e. The fraction of sp³-hybridized carbons (Fsp3) is 0.375. The van der Waals surface area contributed by atoms with Crippen LogP contribution in [-0.4, -0.2) is 35.9 Å². The first-order chi connectivity index (χ1) is 15.1. The molecule has 2 aromatic carbocycles. The highest BCUT2D eigenvalue weighted by Gasteiger charge is 2.49. The molecule has 0 saturated carbocycles. The number of hydrogen-bond donors (Lipinski definition) is 2. The second kappa shape index (κ2) is 9.61. The zero-order valence-electron chi connectivity index (χ0n) is 18.7. The lowest BCUT2D eigenvalue weighted by molar-refractivity contribution is -0.133. The number of halogens is 1. The van der Waals surface area contributed by atoms with Crippen LogP contribution < -0.4 is 15.4 Å². The van der Waals surface area contributed by atoms with Gasteiger partial charge in [0.25, 0.3) is 5.91 Å². The van der Waals surface area contributed by atoms with Crippen molar-refractivity contribution in [2.24, 2.45) is 5.92 Å². The molecule has 32 heavy (non-hydrogen) atoms. The Kier molecular flexibility index (Phi) is 7.09. The quantitative estimate of drug-likeness (QED) is 0.572. The highest BCUT2D eigenvalue weighted by atomic mass is 35.5. The molecule has 1 atom stereocenters. The van der Waals surface area contributed by atoms with Gasteiger partial charge in [0.1, 0.15) is 17.8 Å². The van der Waals surface area contributed by atoms with Crippen LogP contribution in [0.1, 0.15) is 38.3 Å². The molecule has 1 heterocycles. The number of aryl methyl sites for hydroxylation is 1. The summed E-state index contributed by atoms with van der Waals surface area (Å²) in [6.45, 7) is 7.92. The standard InChI is InChI=1S/C24H28ClN3O4/c1-15(2)11-12-32-19-8-5-17(6-9-19)24(4)22(30)28(23(31)27-24)14-21(29)26-20-10-7-18(25)13-16(20)3/h5-10,13,15H,11-12,14H2,1-4H3,(H,26,29)(H,27,31)/t24-/m0/s1. The van der Waals surface area contributed by atoms with Gasteiger partial charge in [-0.25, -0.2) is 4.79 Å². The summed E-state index contributed by atoms with van der Waals surface area (Å²) >= 11 is 5.94. The van der Waals surface area contributed by atoms with Gasteiger partial charge in [0.15, 0.2) is 0 Å². The Morgan fingerprint density at radius 1 is 1.19 bits per heavy atom. The minimum Gasteiger partial charge on any atom is -0.494 e. The number of carbonyl (C=O) groups excluding carboxylic acids is 3. The Hall–Kier alpha value is -3.06. The second-order valence-electron chi connectivity index (χ2n) is 8.51. The van der Waals surface area contributed by atoms with Gasteiger partial charge in [-0.3, -0.25) is 14.5 Å². The van der Waals surface area contributed by atoms with E-state index in [9.17, 15) is 14.4 Å². The van der Waals surface area contributed by atoms with Crippen molar-refractivity contribution in [3.8, 4) is 5.75 Å². The summed E-state index contributed by atoms with van der Waals surface area (Å²) in [6, 6.07) is 11.5. The van der Waals surface area contributed by atoms with E-state index in [4.69, 9.17) is 16.3 Å². The van der Waals surface area contributed by atoms with Crippen LogP contribution in [0.5, 0.6) is 5.75 Å². The molecule has 1 aliphatic heterocycles. The number of ether oxygens (including phenoxy) is 1. The molecular weight excluding hydrogens is 430 g/mol. The summed E-state index contributed by atoms with van der Waals surface area (Å²) in [6.07, 6.45) is 0.945. The van der Waals surface area contributed by atoms with Crippen LogP contribution in [-0.2, 0) is 15.1 Å². The van der Waals surface area contributed by atoms with Crippen molar-refractivity contribution >= 4 is 35.1 Å². The molecule has 0 spiro atoms. The fourth-order valence-electron chi connectivity index (χ4n) is 3.43. The van der Waals surface area contributed by atoms with Crippen molar-refractivity contribution in [1.82, 2.24) is 10.2 Å². The molecule has 4 amide bonds. The summed E-state index contributed by atoms with van der Waals surface area (Å²) in [4.78, 5) is 39.0. The van der Waals surface area contributed by atoms with Crippen molar-refractivity contribution in [1.29, 1.82) is 0 Å². The number of nitrogens with zero attached hydrogens (tertiary/aromatic N) is 1. The van der Waals surface area contributed by atoms with E-state index < -0.39 is 29.9 Å². The van der Waals surface area contributed by atoms with Gasteiger partial charge in [0.05, 0.1) is 6.61 Å². The van der Waals surface area contributed by atoms with Crippen LogP contribution in [0.3, 0.4) is 0 Å². The zero-order chi connectivity index (χ0) is 23.5. The number of hydrogen-bond acceptors (Lipinski definition) is 4. The normalized spacial score (nSPS) is 18.1. The average molecular weight is 458 g/mol. The largest absolute Gasteiger partial charge is 0.494 e. The number of nitrogens with one attached hydrogen (secondary N) is 2. The van der Waals surface area contributed by atoms with Crippen LogP contribution >= 0.6 is 11.6 Å². The van der Waals surface area contributed by atoms with Gasteiger partial charge < -0.3 is 15.4 Å². The summed E-state index contributed by atoms with van der Waals surface area (Å²) in [7, 11) is 0. The van der Waals surface area contributed by atoms with Crippen LogP contribution in [0.15, 0.2) is 42.5 Å². The number of imide groups is 1. The van der Waals surface area contributed by atoms with Gasteiger partial charge in [-0.05, 0) is 67.6 Å². The van der Waals surface area contributed by atoms with E-state index in [0.29, 0.717) is 34.5 Å². The molecule has 3 rings (SSSR count). The number of urea groups is 1. The fourth-order valence-corrected chi connectivity index (χ4v) is 3.66. The lowest BCUT2D eigenvalue weighted by atomic mass is 9.92. The molecule has 170 valence electrons. The summed E-state index contributed by atoms with van der Waals surface area (Å²) in [5, 5.41) is 5.99. The van der Waals surface area contributed by atoms with E-state index in [-0.39, 0.29) is 0 Å². The van der Waals surface area contributed by atoms with Crippen molar-refractivity contribution in [2.45, 2.75) is 39.7 Å². The van der Waals surface area contributed by atoms with Crippen LogP contribution in [0.25, 0.3) is 0 Å². The molecule has 0 unspecified atom stereocenters. The van der Waals surface area contributed by atoms with E-state index in [1.807, 2.05) is 6.92 Å². The minimum atomic E-state index is -1.26. The highest BCUT2D eigenvalue weighted by molar-refractivity contribution is 6.30. The Bertz CT molecular complexity index is 1020. The monoisotopic (exact) mass is 457 g/mol. The van der Waals surface area contributed by atoms with E-state index in [2.05, 4.69) is 24.5 Å². The highest BCUT2D eigenvalue weighted by Crippen LogP contribution is 2.30. The molecule has 2 N–H and O–H groups in total. The van der Waals surface area contributed by atoms with Crippen LogP contribution in [0.4, 0.5) is 10.5 Å². The molecule has 7 nitrogen and oxygen atoms in total. The topological polar surface area (TPSA) is 87.7 Å². The Morgan fingerprint density at radius 2 is 1.88 bits per heavy atom. The van der Waals surface area contributed by atoms with Crippen molar-refractivity contribution < 1.29 is 19.1 Å². The number of benzene rings is 2. The molecule has 1 fully saturated rings. The maximum atomic E-state index is 13.1. The second-order valence-corrected chi connectivity index (χ2v) is 8.95. The van der Waals surface area contributed by atoms with Gasteiger partial charge in [0.2, 0.25) is 5.91 Å². The SMILES string of the molecule is Cc1cc(Cl)ccc1NC(=O)CN1C(=O)N[C@@](C)(c2ccc(OCCC(C)C)cc2)C1=O.